The van der Waals surface area contributed by atoms with Gasteiger partial charge in [-0.05, 0) is 42.7 Å². The molecule has 0 saturated carbocycles. The molecular formula is C22H22N4O. The highest BCUT2D eigenvalue weighted by Gasteiger charge is 2.14. The molecule has 0 atom stereocenters. The van der Waals surface area contributed by atoms with Crippen LogP contribution in [0.1, 0.15) is 28.8 Å². The normalized spacial score (nSPS) is 13.6. The molecule has 0 radical (unpaired) electrons. The molecule has 0 spiro atoms. The number of benzene rings is 2. The zero-order valence-electron chi connectivity index (χ0n) is 15.1. The number of nitrogens with one attached hydrogen (secondary N) is 1. The molecule has 136 valence electrons. The number of rotatable bonds is 5. The number of hydrogen-bond donors (Lipinski definition) is 1. The minimum absolute atomic E-state index is 0.0825. The van der Waals surface area contributed by atoms with Crippen LogP contribution in [0.5, 0.6) is 0 Å². The van der Waals surface area contributed by atoms with Crippen molar-refractivity contribution < 1.29 is 4.79 Å². The van der Waals surface area contributed by atoms with Crippen LogP contribution in [0, 0.1) is 0 Å². The average molecular weight is 358 g/mol. The second-order valence-corrected chi connectivity index (χ2v) is 6.72. The topological polar surface area (TPSA) is 58.1 Å². The monoisotopic (exact) mass is 358 g/mol. The second-order valence-electron chi connectivity index (χ2n) is 6.72. The molecule has 4 rings (SSSR count). The second kappa shape index (κ2) is 7.99. The molecule has 2 heterocycles. The van der Waals surface area contributed by atoms with Crippen LogP contribution < -0.4 is 10.2 Å². The van der Waals surface area contributed by atoms with E-state index in [1.165, 1.54) is 12.8 Å². The first-order chi connectivity index (χ1) is 13.3. The van der Waals surface area contributed by atoms with Crippen LogP contribution in [0.3, 0.4) is 0 Å². The van der Waals surface area contributed by atoms with Crippen molar-refractivity contribution in [3.63, 3.8) is 0 Å². The molecule has 1 aliphatic heterocycles. The predicted molar refractivity (Wildman–Crippen MR) is 107 cm³/mol. The third-order valence-electron chi connectivity index (χ3n) is 4.82. The molecule has 1 N–H and O–H groups in total. The van der Waals surface area contributed by atoms with E-state index in [0.29, 0.717) is 12.1 Å². The van der Waals surface area contributed by atoms with Gasteiger partial charge in [-0.2, -0.15) is 0 Å². The van der Waals surface area contributed by atoms with Gasteiger partial charge in [-0.3, -0.25) is 4.79 Å². The summed E-state index contributed by atoms with van der Waals surface area (Å²) in [4.78, 5) is 14.6. The van der Waals surface area contributed by atoms with Crippen LogP contribution in [-0.4, -0.2) is 29.2 Å². The quantitative estimate of drug-likeness (QED) is 0.756. The SMILES string of the molecule is O=C(NCc1ccccc1)c1ccc(-c2ccc(N3CCCC3)nn2)cc1. The molecule has 0 bridgehead atoms. The summed E-state index contributed by atoms with van der Waals surface area (Å²) in [5.74, 6) is 0.856. The van der Waals surface area contributed by atoms with E-state index in [4.69, 9.17) is 0 Å². The van der Waals surface area contributed by atoms with Crippen LogP contribution in [-0.2, 0) is 6.54 Å². The van der Waals surface area contributed by atoms with E-state index in [0.717, 1.165) is 35.7 Å². The Morgan fingerprint density at radius 3 is 2.30 bits per heavy atom. The van der Waals surface area contributed by atoms with Crippen molar-refractivity contribution >= 4 is 11.7 Å². The van der Waals surface area contributed by atoms with Gasteiger partial charge in [0.05, 0.1) is 5.69 Å². The molecule has 27 heavy (non-hydrogen) atoms. The number of carbonyl (C=O) groups excluding carboxylic acids is 1. The molecule has 1 fully saturated rings. The Balaban J connectivity index is 1.40. The molecule has 5 heteroatoms. The van der Waals surface area contributed by atoms with Crippen molar-refractivity contribution in [2.75, 3.05) is 18.0 Å². The number of hydrogen-bond acceptors (Lipinski definition) is 4. The number of amides is 1. The third kappa shape index (κ3) is 4.14. The highest BCUT2D eigenvalue weighted by Crippen LogP contribution is 2.21. The highest BCUT2D eigenvalue weighted by atomic mass is 16.1. The van der Waals surface area contributed by atoms with Gasteiger partial charge in [0.1, 0.15) is 0 Å². The Morgan fingerprint density at radius 2 is 1.63 bits per heavy atom. The summed E-state index contributed by atoms with van der Waals surface area (Å²) < 4.78 is 0. The van der Waals surface area contributed by atoms with E-state index in [-0.39, 0.29) is 5.91 Å². The number of aromatic nitrogens is 2. The van der Waals surface area contributed by atoms with Gasteiger partial charge in [0.2, 0.25) is 0 Å². The maximum atomic E-state index is 12.3. The molecular weight excluding hydrogens is 336 g/mol. The zero-order chi connectivity index (χ0) is 18.5. The maximum Gasteiger partial charge on any atom is 0.251 e. The van der Waals surface area contributed by atoms with Crippen molar-refractivity contribution in [2.45, 2.75) is 19.4 Å². The van der Waals surface area contributed by atoms with Crippen LogP contribution in [0.4, 0.5) is 5.82 Å². The van der Waals surface area contributed by atoms with Crippen molar-refractivity contribution in [2.24, 2.45) is 0 Å². The lowest BCUT2D eigenvalue weighted by Gasteiger charge is -2.15. The van der Waals surface area contributed by atoms with Gasteiger partial charge in [-0.25, -0.2) is 0 Å². The summed E-state index contributed by atoms with van der Waals surface area (Å²) in [6.45, 7) is 2.63. The molecule has 1 aliphatic rings. The Morgan fingerprint density at radius 1 is 0.889 bits per heavy atom. The molecule has 1 aromatic heterocycles. The van der Waals surface area contributed by atoms with Gasteiger partial charge < -0.3 is 10.2 Å². The summed E-state index contributed by atoms with van der Waals surface area (Å²) in [6.07, 6.45) is 2.44. The molecule has 1 amide bonds. The fourth-order valence-corrected chi connectivity index (χ4v) is 3.27. The summed E-state index contributed by atoms with van der Waals surface area (Å²) in [7, 11) is 0. The first kappa shape index (κ1) is 17.2. The zero-order valence-corrected chi connectivity index (χ0v) is 15.1. The van der Waals surface area contributed by atoms with E-state index in [9.17, 15) is 4.79 Å². The largest absolute Gasteiger partial charge is 0.355 e. The lowest BCUT2D eigenvalue weighted by Crippen LogP contribution is -2.22. The van der Waals surface area contributed by atoms with Crippen LogP contribution in [0.2, 0.25) is 0 Å². The summed E-state index contributed by atoms with van der Waals surface area (Å²) in [5.41, 5.74) is 3.48. The van der Waals surface area contributed by atoms with Crippen molar-refractivity contribution in [3.05, 3.63) is 77.9 Å². The van der Waals surface area contributed by atoms with Crippen LogP contribution >= 0.6 is 0 Å². The van der Waals surface area contributed by atoms with Crippen molar-refractivity contribution in [1.29, 1.82) is 0 Å². The molecule has 0 aliphatic carbocycles. The van der Waals surface area contributed by atoms with E-state index in [1.807, 2.05) is 66.7 Å². The summed E-state index contributed by atoms with van der Waals surface area (Å²) in [5, 5.41) is 11.6. The average Bonchev–Trinajstić information content (AvgIpc) is 3.28. The highest BCUT2D eigenvalue weighted by molar-refractivity contribution is 5.94. The van der Waals surface area contributed by atoms with Crippen molar-refractivity contribution in [1.82, 2.24) is 15.5 Å². The van der Waals surface area contributed by atoms with Gasteiger partial charge in [0, 0.05) is 30.8 Å². The van der Waals surface area contributed by atoms with Gasteiger partial charge in [-0.15, -0.1) is 10.2 Å². The molecule has 0 unspecified atom stereocenters. The predicted octanol–water partition coefficient (Wildman–Crippen LogP) is 3.67. The van der Waals surface area contributed by atoms with Crippen molar-refractivity contribution in [3.8, 4) is 11.3 Å². The van der Waals surface area contributed by atoms with E-state index in [2.05, 4.69) is 20.4 Å². The Hall–Kier alpha value is -3.21. The Kier molecular flexibility index (Phi) is 5.10. The van der Waals surface area contributed by atoms with Gasteiger partial charge >= 0.3 is 0 Å². The maximum absolute atomic E-state index is 12.3. The van der Waals surface area contributed by atoms with E-state index in [1.54, 1.807) is 0 Å². The lowest BCUT2D eigenvalue weighted by molar-refractivity contribution is 0.0951. The Bertz CT molecular complexity index is 886. The first-order valence-electron chi connectivity index (χ1n) is 9.31. The fraction of sp³-hybridized carbons (Fsp3) is 0.227. The standard InChI is InChI=1S/C22H22N4O/c27-22(23-16-17-6-2-1-3-7-17)19-10-8-18(9-11-19)20-12-13-21(25-24-20)26-14-4-5-15-26/h1-3,6-13H,4-5,14-16H2,(H,23,27). The molecule has 5 nitrogen and oxygen atoms in total. The van der Waals surface area contributed by atoms with Gasteiger partial charge in [0.15, 0.2) is 5.82 Å². The number of anilines is 1. The molecule has 3 aromatic rings. The van der Waals surface area contributed by atoms with Gasteiger partial charge in [-0.1, -0.05) is 42.5 Å². The summed E-state index contributed by atoms with van der Waals surface area (Å²) >= 11 is 0. The van der Waals surface area contributed by atoms with Crippen LogP contribution in [0.25, 0.3) is 11.3 Å². The lowest BCUT2D eigenvalue weighted by atomic mass is 10.1. The molecule has 1 saturated heterocycles. The third-order valence-corrected chi connectivity index (χ3v) is 4.82. The van der Waals surface area contributed by atoms with E-state index >= 15 is 0 Å². The Labute approximate surface area is 159 Å². The van der Waals surface area contributed by atoms with E-state index < -0.39 is 0 Å². The minimum Gasteiger partial charge on any atom is -0.355 e. The smallest absolute Gasteiger partial charge is 0.251 e. The minimum atomic E-state index is -0.0825. The summed E-state index contributed by atoms with van der Waals surface area (Å²) in [6, 6.07) is 21.4. The number of carbonyl (C=O) groups is 1. The molecule has 2 aromatic carbocycles. The fourth-order valence-electron chi connectivity index (χ4n) is 3.27. The first-order valence-corrected chi connectivity index (χ1v) is 9.31. The van der Waals surface area contributed by atoms with Crippen LogP contribution in [0.15, 0.2) is 66.7 Å². The number of nitrogens with zero attached hydrogens (tertiary/aromatic N) is 3. The van der Waals surface area contributed by atoms with Gasteiger partial charge in [0.25, 0.3) is 5.91 Å².